The maximum atomic E-state index is 12.4. The molecule has 1 fully saturated rings. The summed E-state index contributed by atoms with van der Waals surface area (Å²) in [5.41, 5.74) is 3.53. The Morgan fingerprint density at radius 1 is 1.12 bits per heavy atom. The molecule has 0 unspecified atom stereocenters. The average Bonchev–Trinajstić information content (AvgIpc) is 3.14. The van der Waals surface area contributed by atoms with Crippen molar-refractivity contribution >= 4 is 5.91 Å². The first-order valence-corrected chi connectivity index (χ1v) is 8.89. The van der Waals surface area contributed by atoms with E-state index in [0.717, 1.165) is 38.2 Å². The van der Waals surface area contributed by atoms with Crippen molar-refractivity contribution in [2.75, 3.05) is 33.4 Å². The number of hydrogen-bond donors (Lipinski definition) is 1. The Morgan fingerprint density at radius 2 is 1.84 bits per heavy atom. The number of carbonyl (C=O) groups excluding carboxylic acids is 1. The van der Waals surface area contributed by atoms with Gasteiger partial charge in [-0.15, -0.1) is 0 Å². The van der Waals surface area contributed by atoms with Gasteiger partial charge in [0, 0.05) is 26.7 Å². The second-order valence-corrected chi connectivity index (χ2v) is 6.56. The molecular formula is C21H26N2O2. The third-order valence-electron chi connectivity index (χ3n) is 4.78. The quantitative estimate of drug-likeness (QED) is 0.844. The first-order valence-electron chi connectivity index (χ1n) is 8.89. The maximum absolute atomic E-state index is 12.4. The van der Waals surface area contributed by atoms with Crippen LogP contribution in [0.1, 0.15) is 12.0 Å². The van der Waals surface area contributed by atoms with Gasteiger partial charge < -0.3 is 15.0 Å². The van der Waals surface area contributed by atoms with E-state index in [0.29, 0.717) is 6.54 Å². The number of ether oxygens (including phenoxy) is 1. The van der Waals surface area contributed by atoms with E-state index in [-0.39, 0.29) is 11.8 Å². The highest BCUT2D eigenvalue weighted by Crippen LogP contribution is 2.19. The van der Waals surface area contributed by atoms with Gasteiger partial charge >= 0.3 is 0 Å². The molecule has 3 rings (SSSR count). The summed E-state index contributed by atoms with van der Waals surface area (Å²) in [7, 11) is 1.71. The Balaban J connectivity index is 1.48. The summed E-state index contributed by atoms with van der Waals surface area (Å²) in [5, 5.41) is 3.08. The number of rotatable bonds is 7. The van der Waals surface area contributed by atoms with Gasteiger partial charge in [-0.25, -0.2) is 0 Å². The second-order valence-electron chi connectivity index (χ2n) is 6.56. The molecule has 1 amide bonds. The van der Waals surface area contributed by atoms with Crippen LogP contribution in [-0.4, -0.2) is 44.2 Å². The van der Waals surface area contributed by atoms with Crippen LogP contribution < -0.4 is 5.32 Å². The first-order chi connectivity index (χ1) is 12.3. The molecule has 0 aliphatic carbocycles. The van der Waals surface area contributed by atoms with E-state index in [9.17, 15) is 4.79 Å². The number of hydrogen-bond acceptors (Lipinski definition) is 3. The summed E-state index contributed by atoms with van der Waals surface area (Å²) in [5.74, 6) is 0.257. The lowest BCUT2D eigenvalue weighted by molar-refractivity contribution is -0.124. The van der Waals surface area contributed by atoms with Gasteiger partial charge in [0.1, 0.15) is 0 Å². The minimum absolute atomic E-state index is 0.0976. The molecule has 0 spiro atoms. The van der Waals surface area contributed by atoms with Crippen molar-refractivity contribution in [2.24, 2.45) is 5.92 Å². The third kappa shape index (κ3) is 4.91. The third-order valence-corrected chi connectivity index (χ3v) is 4.78. The molecule has 4 heteroatoms. The molecule has 1 N–H and O–H groups in total. The van der Waals surface area contributed by atoms with Crippen molar-refractivity contribution in [3.8, 4) is 11.1 Å². The number of benzene rings is 2. The van der Waals surface area contributed by atoms with Crippen molar-refractivity contribution in [2.45, 2.75) is 13.0 Å². The first kappa shape index (κ1) is 17.6. The highest BCUT2D eigenvalue weighted by molar-refractivity contribution is 5.79. The Morgan fingerprint density at radius 3 is 2.56 bits per heavy atom. The van der Waals surface area contributed by atoms with Gasteiger partial charge in [-0.05, 0) is 29.7 Å². The summed E-state index contributed by atoms with van der Waals surface area (Å²) in [4.78, 5) is 14.7. The molecule has 0 bridgehead atoms. The molecule has 1 heterocycles. The largest absolute Gasteiger partial charge is 0.383 e. The number of nitrogens with zero attached hydrogens (tertiary/aromatic N) is 1. The standard InChI is InChI=1S/C21H26N2O2/c1-25-14-13-23-12-11-20(16-23)21(24)22-15-17-7-9-19(10-8-17)18-5-3-2-4-6-18/h2-10,20H,11-16H2,1H3,(H,22,24)/t20-/m0/s1. The minimum atomic E-state index is 0.0976. The number of methoxy groups -OCH3 is 1. The molecule has 25 heavy (non-hydrogen) atoms. The van der Waals surface area contributed by atoms with Gasteiger partial charge in [-0.3, -0.25) is 4.79 Å². The second kappa shape index (κ2) is 8.79. The molecule has 1 saturated heterocycles. The Labute approximate surface area is 149 Å². The van der Waals surface area contributed by atoms with Crippen LogP contribution in [0.25, 0.3) is 11.1 Å². The predicted molar refractivity (Wildman–Crippen MR) is 100 cm³/mol. The number of likely N-dealkylation sites (tertiary alicyclic amines) is 1. The fourth-order valence-corrected chi connectivity index (χ4v) is 3.25. The predicted octanol–water partition coefficient (Wildman–Crippen LogP) is 2.94. The van der Waals surface area contributed by atoms with Crippen molar-refractivity contribution in [1.82, 2.24) is 10.2 Å². The average molecular weight is 338 g/mol. The molecule has 132 valence electrons. The van der Waals surface area contributed by atoms with E-state index >= 15 is 0 Å². The lowest BCUT2D eigenvalue weighted by Crippen LogP contribution is -2.33. The van der Waals surface area contributed by atoms with Crippen molar-refractivity contribution in [3.05, 3.63) is 60.2 Å². The van der Waals surface area contributed by atoms with E-state index < -0.39 is 0 Å². The monoisotopic (exact) mass is 338 g/mol. The fourth-order valence-electron chi connectivity index (χ4n) is 3.25. The molecule has 1 aliphatic rings. The van der Waals surface area contributed by atoms with Crippen molar-refractivity contribution < 1.29 is 9.53 Å². The molecule has 0 radical (unpaired) electrons. The van der Waals surface area contributed by atoms with Gasteiger partial charge in [0.2, 0.25) is 5.91 Å². The normalized spacial score (nSPS) is 17.6. The van der Waals surface area contributed by atoms with Crippen LogP contribution in [0.4, 0.5) is 0 Å². The van der Waals surface area contributed by atoms with E-state index in [1.807, 2.05) is 18.2 Å². The van der Waals surface area contributed by atoms with Crippen LogP contribution in [-0.2, 0) is 16.1 Å². The van der Waals surface area contributed by atoms with Crippen LogP contribution in [0.5, 0.6) is 0 Å². The Kier molecular flexibility index (Phi) is 6.20. The highest BCUT2D eigenvalue weighted by Gasteiger charge is 2.27. The van der Waals surface area contributed by atoms with E-state index in [4.69, 9.17) is 4.74 Å². The minimum Gasteiger partial charge on any atom is -0.383 e. The van der Waals surface area contributed by atoms with Gasteiger partial charge in [0.05, 0.1) is 12.5 Å². The van der Waals surface area contributed by atoms with Crippen LogP contribution in [0, 0.1) is 5.92 Å². The zero-order valence-corrected chi connectivity index (χ0v) is 14.8. The molecule has 1 atom stereocenters. The number of nitrogens with one attached hydrogen (secondary N) is 1. The van der Waals surface area contributed by atoms with Gasteiger partial charge in [-0.2, -0.15) is 0 Å². The summed E-state index contributed by atoms with van der Waals surface area (Å²) in [6.07, 6.45) is 0.933. The van der Waals surface area contributed by atoms with Crippen molar-refractivity contribution in [1.29, 1.82) is 0 Å². The smallest absolute Gasteiger partial charge is 0.224 e. The fraction of sp³-hybridized carbons (Fsp3) is 0.381. The van der Waals surface area contributed by atoms with Crippen molar-refractivity contribution in [3.63, 3.8) is 0 Å². The zero-order chi connectivity index (χ0) is 17.5. The van der Waals surface area contributed by atoms with Crippen LogP contribution in [0.2, 0.25) is 0 Å². The summed E-state index contributed by atoms with van der Waals surface area (Å²) < 4.78 is 5.10. The summed E-state index contributed by atoms with van der Waals surface area (Å²) in [6.45, 7) is 4.03. The molecule has 4 nitrogen and oxygen atoms in total. The van der Waals surface area contributed by atoms with E-state index in [2.05, 4.69) is 46.6 Å². The van der Waals surface area contributed by atoms with Crippen LogP contribution in [0.3, 0.4) is 0 Å². The Hall–Kier alpha value is -2.17. The molecular weight excluding hydrogens is 312 g/mol. The molecule has 1 aliphatic heterocycles. The van der Waals surface area contributed by atoms with Gasteiger partial charge in [-0.1, -0.05) is 54.6 Å². The Bertz CT molecular complexity index is 670. The zero-order valence-electron chi connectivity index (χ0n) is 14.8. The van der Waals surface area contributed by atoms with Crippen LogP contribution in [0.15, 0.2) is 54.6 Å². The molecule has 2 aromatic carbocycles. The molecule has 0 aromatic heterocycles. The van der Waals surface area contributed by atoms with E-state index in [1.165, 1.54) is 11.1 Å². The molecule has 0 saturated carbocycles. The number of amides is 1. The van der Waals surface area contributed by atoms with Crippen LogP contribution >= 0.6 is 0 Å². The lowest BCUT2D eigenvalue weighted by Gasteiger charge is -2.15. The summed E-state index contributed by atoms with van der Waals surface area (Å²) >= 11 is 0. The summed E-state index contributed by atoms with van der Waals surface area (Å²) in [6, 6.07) is 18.7. The number of carbonyl (C=O) groups is 1. The van der Waals surface area contributed by atoms with E-state index in [1.54, 1.807) is 7.11 Å². The molecule has 2 aromatic rings. The maximum Gasteiger partial charge on any atom is 0.224 e. The van der Waals surface area contributed by atoms with Gasteiger partial charge in [0.25, 0.3) is 0 Å². The highest BCUT2D eigenvalue weighted by atomic mass is 16.5. The lowest BCUT2D eigenvalue weighted by atomic mass is 10.0. The topological polar surface area (TPSA) is 41.6 Å². The SMILES string of the molecule is COCCN1CC[C@H](C(=O)NCc2ccc(-c3ccccc3)cc2)C1. The van der Waals surface area contributed by atoms with Gasteiger partial charge in [0.15, 0.2) is 0 Å².